The second kappa shape index (κ2) is 4.74. The first kappa shape index (κ1) is 13.5. The molecule has 1 amide bonds. The molecule has 0 aliphatic heterocycles. The average molecular weight is 266 g/mol. The number of rotatable bonds is 3. The van der Waals surface area contributed by atoms with E-state index in [-0.39, 0.29) is 10.6 Å². The molecule has 1 rings (SSSR count). The molecule has 1 atom stereocenters. The van der Waals surface area contributed by atoms with Crippen LogP contribution in [0.1, 0.15) is 5.56 Å². The van der Waals surface area contributed by atoms with E-state index in [4.69, 9.17) is 11.5 Å². The summed E-state index contributed by atoms with van der Waals surface area (Å²) in [6, 6.07) is 2.41. The standard InChI is InChI=1S/C9H9F3N2O2S/c10-9(11,12)5-1-2-7(6(13)3-5)17(16)4-8(14)15/h1-3H,4,13H2,(H2,14,15). The maximum Gasteiger partial charge on any atom is 0.416 e. The van der Waals surface area contributed by atoms with Gasteiger partial charge in [-0.15, -0.1) is 0 Å². The number of primary amides is 1. The zero-order valence-corrected chi connectivity index (χ0v) is 9.27. The third kappa shape index (κ3) is 3.45. The number of anilines is 1. The summed E-state index contributed by atoms with van der Waals surface area (Å²) in [7, 11) is -1.83. The van der Waals surface area contributed by atoms with Crippen molar-refractivity contribution < 1.29 is 22.2 Å². The van der Waals surface area contributed by atoms with Crippen molar-refractivity contribution in [1.29, 1.82) is 0 Å². The van der Waals surface area contributed by atoms with Gasteiger partial charge < -0.3 is 11.5 Å². The molecule has 8 heteroatoms. The van der Waals surface area contributed by atoms with E-state index in [1.807, 2.05) is 0 Å². The van der Waals surface area contributed by atoms with Crippen LogP contribution in [0.5, 0.6) is 0 Å². The SMILES string of the molecule is NC(=O)CS(=O)c1ccc(C(F)(F)F)cc1N. The molecule has 0 spiro atoms. The lowest BCUT2D eigenvalue weighted by molar-refractivity contribution is -0.137. The number of alkyl halides is 3. The molecule has 0 saturated carbocycles. The van der Waals surface area contributed by atoms with Crippen LogP contribution in [0, 0.1) is 0 Å². The van der Waals surface area contributed by atoms with Gasteiger partial charge in [0.2, 0.25) is 5.91 Å². The Morgan fingerprint density at radius 3 is 2.35 bits per heavy atom. The first-order valence-electron chi connectivity index (χ1n) is 4.35. The molecule has 1 unspecified atom stereocenters. The van der Waals surface area contributed by atoms with E-state index in [9.17, 15) is 22.2 Å². The molecule has 0 radical (unpaired) electrons. The lowest BCUT2D eigenvalue weighted by Gasteiger charge is -2.10. The molecule has 0 heterocycles. The molecule has 0 bridgehead atoms. The maximum absolute atomic E-state index is 12.3. The first-order valence-corrected chi connectivity index (χ1v) is 5.67. The van der Waals surface area contributed by atoms with Crippen LogP contribution in [0.2, 0.25) is 0 Å². The van der Waals surface area contributed by atoms with Gasteiger partial charge in [-0.05, 0) is 18.2 Å². The Kier molecular flexibility index (Phi) is 3.76. The van der Waals surface area contributed by atoms with Crippen molar-refractivity contribution in [3.63, 3.8) is 0 Å². The van der Waals surface area contributed by atoms with Crippen LogP contribution in [0.3, 0.4) is 0 Å². The predicted octanol–water partition coefficient (Wildman–Crippen LogP) is 0.880. The number of carbonyl (C=O) groups excluding carboxylic acids is 1. The van der Waals surface area contributed by atoms with Crippen molar-refractivity contribution >= 4 is 22.4 Å². The van der Waals surface area contributed by atoms with Gasteiger partial charge in [-0.1, -0.05) is 0 Å². The minimum Gasteiger partial charge on any atom is -0.398 e. The monoisotopic (exact) mass is 266 g/mol. The van der Waals surface area contributed by atoms with E-state index >= 15 is 0 Å². The lowest BCUT2D eigenvalue weighted by Crippen LogP contribution is -2.20. The molecular weight excluding hydrogens is 257 g/mol. The Hall–Kier alpha value is -1.57. The first-order chi connectivity index (χ1) is 7.71. The number of nitrogen functional groups attached to an aromatic ring is 1. The van der Waals surface area contributed by atoms with E-state index in [2.05, 4.69) is 0 Å². The van der Waals surface area contributed by atoms with Gasteiger partial charge in [0.25, 0.3) is 0 Å². The summed E-state index contributed by atoms with van der Waals surface area (Å²) >= 11 is 0. The fourth-order valence-electron chi connectivity index (χ4n) is 1.14. The second-order valence-electron chi connectivity index (χ2n) is 3.21. The number of halogens is 3. The van der Waals surface area contributed by atoms with Crippen molar-refractivity contribution in [1.82, 2.24) is 0 Å². The van der Waals surface area contributed by atoms with Crippen molar-refractivity contribution in [3.8, 4) is 0 Å². The highest BCUT2D eigenvalue weighted by atomic mass is 32.2. The smallest absolute Gasteiger partial charge is 0.398 e. The molecule has 4 nitrogen and oxygen atoms in total. The number of hydrogen-bond acceptors (Lipinski definition) is 3. The van der Waals surface area contributed by atoms with Gasteiger partial charge in [0, 0.05) is 5.69 Å². The summed E-state index contributed by atoms with van der Waals surface area (Å²) in [6.07, 6.45) is -4.52. The minimum atomic E-state index is -4.52. The number of nitrogens with two attached hydrogens (primary N) is 2. The van der Waals surface area contributed by atoms with Crippen molar-refractivity contribution in [3.05, 3.63) is 23.8 Å². The molecule has 0 aliphatic carbocycles. The number of carbonyl (C=O) groups is 1. The predicted molar refractivity (Wildman–Crippen MR) is 56.3 cm³/mol. The summed E-state index contributed by atoms with van der Waals surface area (Å²) in [5.74, 6) is -1.29. The van der Waals surface area contributed by atoms with Gasteiger partial charge in [-0.2, -0.15) is 13.2 Å². The zero-order chi connectivity index (χ0) is 13.2. The van der Waals surface area contributed by atoms with Crippen molar-refractivity contribution in [2.45, 2.75) is 11.1 Å². The molecule has 0 fully saturated rings. The summed E-state index contributed by atoms with van der Waals surface area (Å²) < 4.78 is 48.4. The Labute approximate surface area is 97.2 Å². The summed E-state index contributed by atoms with van der Waals surface area (Å²) in [6.45, 7) is 0. The topological polar surface area (TPSA) is 86.2 Å². The van der Waals surface area contributed by atoms with Crippen LogP contribution in [0.15, 0.2) is 23.1 Å². The van der Waals surface area contributed by atoms with Gasteiger partial charge in [-0.3, -0.25) is 9.00 Å². The third-order valence-electron chi connectivity index (χ3n) is 1.86. The maximum atomic E-state index is 12.3. The molecule has 4 N–H and O–H groups in total. The van der Waals surface area contributed by atoms with E-state index in [1.165, 1.54) is 0 Å². The van der Waals surface area contributed by atoms with E-state index < -0.39 is 34.2 Å². The highest BCUT2D eigenvalue weighted by Gasteiger charge is 2.31. The van der Waals surface area contributed by atoms with Crippen LogP contribution in [0.4, 0.5) is 18.9 Å². The Balaban J connectivity index is 3.06. The van der Waals surface area contributed by atoms with Gasteiger partial charge >= 0.3 is 6.18 Å². The minimum absolute atomic E-state index is 0.0307. The summed E-state index contributed by atoms with van der Waals surface area (Å²) in [4.78, 5) is 10.5. The van der Waals surface area contributed by atoms with Crippen LogP contribution in [-0.2, 0) is 21.8 Å². The van der Waals surface area contributed by atoms with Crippen molar-refractivity contribution in [2.75, 3.05) is 11.5 Å². The zero-order valence-electron chi connectivity index (χ0n) is 8.45. The van der Waals surface area contributed by atoms with Crippen LogP contribution in [0.25, 0.3) is 0 Å². The Bertz CT molecular complexity index is 474. The van der Waals surface area contributed by atoms with Crippen LogP contribution in [-0.4, -0.2) is 15.9 Å². The van der Waals surface area contributed by atoms with Gasteiger partial charge in [0.05, 0.1) is 21.3 Å². The number of benzene rings is 1. The number of amides is 1. The molecule has 1 aromatic rings. The quantitative estimate of drug-likeness (QED) is 0.796. The van der Waals surface area contributed by atoms with Gasteiger partial charge in [-0.25, -0.2) is 0 Å². The molecule has 0 saturated heterocycles. The normalized spacial score (nSPS) is 13.4. The van der Waals surface area contributed by atoms with Crippen LogP contribution >= 0.6 is 0 Å². The molecule has 1 aromatic carbocycles. The van der Waals surface area contributed by atoms with E-state index in [0.29, 0.717) is 6.07 Å². The largest absolute Gasteiger partial charge is 0.416 e. The molecule has 17 heavy (non-hydrogen) atoms. The second-order valence-corrected chi connectivity index (χ2v) is 4.63. The highest BCUT2D eigenvalue weighted by Crippen LogP contribution is 2.32. The highest BCUT2D eigenvalue weighted by molar-refractivity contribution is 7.86. The van der Waals surface area contributed by atoms with Gasteiger partial charge in [0.15, 0.2) is 0 Å². The Morgan fingerprint density at radius 2 is 1.94 bits per heavy atom. The van der Waals surface area contributed by atoms with E-state index in [0.717, 1.165) is 12.1 Å². The molecule has 94 valence electrons. The molecular formula is C9H9F3N2O2S. The van der Waals surface area contributed by atoms with Crippen molar-refractivity contribution in [2.24, 2.45) is 5.73 Å². The van der Waals surface area contributed by atoms with Crippen LogP contribution < -0.4 is 11.5 Å². The molecule has 0 aliphatic rings. The van der Waals surface area contributed by atoms with Gasteiger partial charge in [0.1, 0.15) is 5.75 Å². The fourth-order valence-corrected chi connectivity index (χ4v) is 2.09. The lowest BCUT2D eigenvalue weighted by atomic mass is 10.2. The summed E-state index contributed by atoms with van der Waals surface area (Å²) in [5.41, 5.74) is 8.96. The summed E-state index contributed by atoms with van der Waals surface area (Å²) in [5, 5.41) is 0. The number of hydrogen-bond donors (Lipinski definition) is 2. The molecule has 0 aromatic heterocycles. The average Bonchev–Trinajstić information content (AvgIpc) is 2.14. The fraction of sp³-hybridized carbons (Fsp3) is 0.222. The Morgan fingerprint density at radius 1 is 1.35 bits per heavy atom. The van der Waals surface area contributed by atoms with E-state index in [1.54, 1.807) is 0 Å². The third-order valence-corrected chi connectivity index (χ3v) is 3.26.